The standard InChI is InChI=1S/C44H60N4O7/c1-29-12-13-32(25-38(29)53-37-16-19-45-34(27-37)23-30-17-20-46(21-18-30)40(50)54-43(5,6)7)39(49)48(52-11)36-24-31(22-33(26-36)42(2,3)4)28-47(35-14-15-35)41(51)55-44(8,9)10/h12-13,16,19,22,24-27,30,35H,14-15,17-18,20-21,23,28H2,1-11H3. The molecule has 2 aliphatic rings. The summed E-state index contributed by atoms with van der Waals surface area (Å²) in [5, 5.41) is 1.29. The molecule has 11 heteroatoms. The summed E-state index contributed by atoms with van der Waals surface area (Å²) < 4.78 is 17.7. The van der Waals surface area contributed by atoms with Gasteiger partial charge in [0.15, 0.2) is 0 Å². The smallest absolute Gasteiger partial charge is 0.410 e. The zero-order valence-corrected chi connectivity index (χ0v) is 34.7. The van der Waals surface area contributed by atoms with Crippen LogP contribution in [0.15, 0.2) is 54.7 Å². The van der Waals surface area contributed by atoms with Crippen LogP contribution in [0.4, 0.5) is 15.3 Å². The Morgan fingerprint density at radius 1 is 0.836 bits per heavy atom. The molecule has 0 N–H and O–H groups in total. The maximum absolute atomic E-state index is 14.2. The van der Waals surface area contributed by atoms with Gasteiger partial charge in [-0.25, -0.2) is 9.59 Å². The molecule has 55 heavy (non-hydrogen) atoms. The van der Waals surface area contributed by atoms with Crippen molar-refractivity contribution < 1.29 is 33.4 Å². The molecule has 0 atom stereocenters. The Bertz CT molecular complexity index is 1840. The van der Waals surface area contributed by atoms with Crippen LogP contribution < -0.4 is 9.80 Å². The molecule has 0 spiro atoms. The van der Waals surface area contributed by atoms with Gasteiger partial charge in [0.2, 0.25) is 0 Å². The number of nitrogens with zero attached hydrogens (tertiary/aromatic N) is 4. The summed E-state index contributed by atoms with van der Waals surface area (Å²) in [7, 11) is 1.48. The molecule has 1 aliphatic heterocycles. The monoisotopic (exact) mass is 756 g/mol. The van der Waals surface area contributed by atoms with Crippen LogP contribution in [0.5, 0.6) is 11.5 Å². The molecule has 2 aromatic carbocycles. The van der Waals surface area contributed by atoms with E-state index >= 15 is 0 Å². The number of ether oxygens (including phenoxy) is 3. The molecule has 298 valence electrons. The van der Waals surface area contributed by atoms with Crippen LogP contribution in [0.2, 0.25) is 0 Å². The fraction of sp³-hybridized carbons (Fsp3) is 0.545. The molecule has 1 saturated carbocycles. The Hall–Kier alpha value is -4.64. The van der Waals surface area contributed by atoms with Gasteiger partial charge in [0.25, 0.3) is 5.91 Å². The molecule has 0 bridgehead atoms. The number of amides is 3. The van der Waals surface area contributed by atoms with Crippen molar-refractivity contribution >= 4 is 23.8 Å². The number of likely N-dealkylation sites (tertiary alicyclic amines) is 1. The molecule has 0 radical (unpaired) electrons. The van der Waals surface area contributed by atoms with Crippen LogP contribution in [0, 0.1) is 12.8 Å². The molecule has 5 rings (SSSR count). The van der Waals surface area contributed by atoms with Crippen LogP contribution in [-0.2, 0) is 32.7 Å². The third kappa shape index (κ3) is 11.7. The lowest BCUT2D eigenvalue weighted by molar-refractivity contribution is 0.0181. The summed E-state index contributed by atoms with van der Waals surface area (Å²) in [6, 6.07) is 15.2. The second kappa shape index (κ2) is 16.6. The average molecular weight is 757 g/mol. The number of pyridine rings is 1. The molecular formula is C44H60N4O7. The third-order valence-electron chi connectivity index (χ3n) is 9.63. The highest BCUT2D eigenvalue weighted by Crippen LogP contribution is 2.35. The second-order valence-electron chi connectivity index (χ2n) is 17.9. The largest absolute Gasteiger partial charge is 0.457 e. The maximum atomic E-state index is 14.2. The first kappa shape index (κ1) is 41.5. The van der Waals surface area contributed by atoms with E-state index in [1.54, 1.807) is 28.1 Å². The first-order chi connectivity index (χ1) is 25.7. The Morgan fingerprint density at radius 3 is 2.11 bits per heavy atom. The fourth-order valence-electron chi connectivity index (χ4n) is 6.53. The van der Waals surface area contributed by atoms with Crippen molar-refractivity contribution in [3.63, 3.8) is 0 Å². The average Bonchev–Trinajstić information content (AvgIpc) is 3.92. The van der Waals surface area contributed by atoms with Crippen molar-refractivity contribution in [3.05, 3.63) is 82.7 Å². The van der Waals surface area contributed by atoms with E-state index < -0.39 is 11.2 Å². The predicted molar refractivity (Wildman–Crippen MR) is 213 cm³/mol. The van der Waals surface area contributed by atoms with Crippen LogP contribution in [0.1, 0.15) is 121 Å². The molecule has 2 heterocycles. The van der Waals surface area contributed by atoms with Crippen LogP contribution in [0.25, 0.3) is 0 Å². The topological polar surface area (TPSA) is 111 Å². The number of aryl methyl sites for hydroxylation is 1. The van der Waals surface area contributed by atoms with Gasteiger partial charge in [-0.1, -0.05) is 32.9 Å². The van der Waals surface area contributed by atoms with E-state index in [-0.39, 0.29) is 29.6 Å². The van der Waals surface area contributed by atoms with E-state index in [9.17, 15) is 14.4 Å². The lowest BCUT2D eigenvalue weighted by Gasteiger charge is -2.33. The number of carbonyl (C=O) groups excluding carboxylic acids is 3. The van der Waals surface area contributed by atoms with Gasteiger partial charge in [-0.15, -0.1) is 0 Å². The van der Waals surface area contributed by atoms with Gasteiger partial charge >= 0.3 is 12.2 Å². The number of hydrogen-bond donors (Lipinski definition) is 0. The summed E-state index contributed by atoms with van der Waals surface area (Å²) in [5.74, 6) is 1.20. The van der Waals surface area contributed by atoms with E-state index in [2.05, 4.69) is 31.8 Å². The van der Waals surface area contributed by atoms with E-state index in [4.69, 9.17) is 19.0 Å². The number of hydrogen-bond acceptors (Lipinski definition) is 8. The van der Waals surface area contributed by atoms with E-state index in [0.717, 1.165) is 54.5 Å². The highest BCUT2D eigenvalue weighted by molar-refractivity contribution is 6.05. The van der Waals surface area contributed by atoms with Gasteiger partial charge in [-0.05, 0) is 139 Å². The minimum Gasteiger partial charge on any atom is -0.457 e. The van der Waals surface area contributed by atoms with Gasteiger partial charge < -0.3 is 24.0 Å². The Morgan fingerprint density at radius 2 is 1.51 bits per heavy atom. The molecule has 1 aliphatic carbocycles. The summed E-state index contributed by atoms with van der Waals surface area (Å²) >= 11 is 0. The highest BCUT2D eigenvalue weighted by Gasteiger charge is 2.36. The maximum Gasteiger partial charge on any atom is 0.410 e. The zero-order chi connectivity index (χ0) is 40.3. The number of hydroxylamine groups is 1. The van der Waals surface area contributed by atoms with Crippen LogP contribution in [-0.4, -0.2) is 70.3 Å². The van der Waals surface area contributed by atoms with Gasteiger partial charge in [0.1, 0.15) is 22.7 Å². The van der Waals surface area contributed by atoms with Gasteiger partial charge in [0.05, 0.1) is 12.8 Å². The molecule has 0 unspecified atom stereocenters. The lowest BCUT2D eigenvalue weighted by atomic mass is 9.85. The number of carbonyl (C=O) groups is 3. The minimum absolute atomic E-state index is 0.128. The van der Waals surface area contributed by atoms with Crippen molar-refractivity contribution in [1.82, 2.24) is 14.8 Å². The molecule has 3 aromatic rings. The number of rotatable bonds is 10. The third-order valence-corrected chi connectivity index (χ3v) is 9.63. The van der Waals surface area contributed by atoms with E-state index in [1.807, 2.05) is 78.8 Å². The predicted octanol–water partition coefficient (Wildman–Crippen LogP) is 9.78. The molecule has 1 saturated heterocycles. The van der Waals surface area contributed by atoms with Crippen LogP contribution >= 0.6 is 0 Å². The van der Waals surface area contributed by atoms with E-state index in [1.165, 1.54) is 12.2 Å². The van der Waals surface area contributed by atoms with Gasteiger partial charge in [-0.3, -0.25) is 14.6 Å². The molecular weight excluding hydrogens is 697 g/mol. The number of piperidine rings is 1. The normalized spacial score (nSPS) is 15.4. The summed E-state index contributed by atoms with van der Waals surface area (Å²) in [6.45, 7) is 21.2. The first-order valence-electron chi connectivity index (χ1n) is 19.4. The molecule has 3 amide bonds. The van der Waals surface area contributed by atoms with Crippen molar-refractivity contribution in [1.29, 1.82) is 0 Å². The second-order valence-corrected chi connectivity index (χ2v) is 17.9. The Kier molecular flexibility index (Phi) is 12.5. The number of aromatic nitrogens is 1. The SMILES string of the molecule is CON(C(=O)c1ccc(C)c(Oc2ccnc(CC3CCN(C(=O)OC(C)(C)C)CC3)c2)c1)c1cc(CN(C(=O)OC(C)(C)C)C2CC2)cc(C(C)(C)C)c1. The summed E-state index contributed by atoms with van der Waals surface area (Å²) in [6.07, 6.45) is 5.51. The number of anilines is 1. The quantitative estimate of drug-likeness (QED) is 0.188. The highest BCUT2D eigenvalue weighted by atomic mass is 16.7. The van der Waals surface area contributed by atoms with Crippen molar-refractivity contribution in [2.75, 3.05) is 25.3 Å². The molecule has 2 fully saturated rings. The first-order valence-corrected chi connectivity index (χ1v) is 19.4. The van der Waals surface area contributed by atoms with Crippen LogP contribution in [0.3, 0.4) is 0 Å². The molecule has 1 aromatic heterocycles. The summed E-state index contributed by atoms with van der Waals surface area (Å²) in [5.41, 5.74) is 3.25. The van der Waals surface area contributed by atoms with Gasteiger partial charge in [-0.2, -0.15) is 5.06 Å². The minimum atomic E-state index is -0.609. The van der Waals surface area contributed by atoms with Crippen molar-refractivity contribution in [2.24, 2.45) is 5.92 Å². The van der Waals surface area contributed by atoms with E-state index in [0.29, 0.717) is 48.3 Å². The Labute approximate surface area is 327 Å². The van der Waals surface area contributed by atoms with Crippen molar-refractivity contribution in [3.8, 4) is 11.5 Å². The number of benzene rings is 2. The summed E-state index contributed by atoms with van der Waals surface area (Å²) in [4.78, 5) is 53.9. The van der Waals surface area contributed by atoms with Gasteiger partial charge in [0, 0.05) is 49.2 Å². The zero-order valence-electron chi connectivity index (χ0n) is 34.7. The fourth-order valence-corrected chi connectivity index (χ4v) is 6.53. The Balaban J connectivity index is 1.31. The lowest BCUT2D eigenvalue weighted by Crippen LogP contribution is -2.42. The molecule has 11 nitrogen and oxygen atoms in total. The van der Waals surface area contributed by atoms with Crippen molar-refractivity contribution in [2.45, 2.75) is 131 Å².